The van der Waals surface area contributed by atoms with Crippen LogP contribution in [0.5, 0.6) is 0 Å². The molecule has 0 saturated heterocycles. The van der Waals surface area contributed by atoms with E-state index in [-0.39, 0.29) is 11.9 Å². The first-order valence-corrected chi connectivity index (χ1v) is 8.15. The second-order valence-electron chi connectivity index (χ2n) is 5.54. The fourth-order valence-electron chi connectivity index (χ4n) is 2.37. The molecule has 0 saturated carbocycles. The van der Waals surface area contributed by atoms with Crippen LogP contribution in [0.15, 0.2) is 47.7 Å². The van der Waals surface area contributed by atoms with Gasteiger partial charge in [0.25, 0.3) is 0 Å². The molecule has 0 aliphatic carbocycles. The SMILES string of the molecule is CCCCCCCC(=O)NC1C=CN(c2ccccc2)N=C1. The first-order chi connectivity index (χ1) is 10.8. The van der Waals surface area contributed by atoms with E-state index in [0.29, 0.717) is 6.42 Å². The third-order valence-corrected chi connectivity index (χ3v) is 3.64. The van der Waals surface area contributed by atoms with Gasteiger partial charge in [-0.1, -0.05) is 50.8 Å². The van der Waals surface area contributed by atoms with Crippen LogP contribution in [0.4, 0.5) is 5.69 Å². The molecule has 1 N–H and O–H groups in total. The van der Waals surface area contributed by atoms with E-state index in [1.165, 1.54) is 19.3 Å². The van der Waals surface area contributed by atoms with Crippen LogP contribution in [0.3, 0.4) is 0 Å². The lowest BCUT2D eigenvalue weighted by molar-refractivity contribution is -0.121. The van der Waals surface area contributed by atoms with Crippen molar-refractivity contribution in [2.45, 2.75) is 51.5 Å². The number of anilines is 1. The van der Waals surface area contributed by atoms with Crippen molar-refractivity contribution >= 4 is 17.8 Å². The van der Waals surface area contributed by atoms with Crippen LogP contribution < -0.4 is 10.3 Å². The quantitative estimate of drug-likeness (QED) is 0.741. The Morgan fingerprint density at radius 3 is 2.64 bits per heavy atom. The molecule has 1 amide bonds. The molecule has 0 aromatic heterocycles. The number of carbonyl (C=O) groups is 1. The molecule has 0 radical (unpaired) electrons. The first kappa shape index (κ1) is 16.3. The summed E-state index contributed by atoms with van der Waals surface area (Å²) in [5, 5.41) is 9.14. The van der Waals surface area contributed by atoms with Gasteiger partial charge in [-0.2, -0.15) is 5.10 Å². The summed E-state index contributed by atoms with van der Waals surface area (Å²) in [6, 6.07) is 9.82. The Labute approximate surface area is 132 Å². The van der Waals surface area contributed by atoms with Gasteiger partial charge in [0, 0.05) is 12.6 Å². The van der Waals surface area contributed by atoms with Crippen LogP contribution in [-0.4, -0.2) is 18.2 Å². The number of hydrazone groups is 1. The highest BCUT2D eigenvalue weighted by molar-refractivity contribution is 5.82. The van der Waals surface area contributed by atoms with Crippen molar-refractivity contribution in [1.29, 1.82) is 0 Å². The van der Waals surface area contributed by atoms with Gasteiger partial charge in [0.1, 0.15) is 0 Å². The zero-order valence-electron chi connectivity index (χ0n) is 13.2. The summed E-state index contributed by atoms with van der Waals surface area (Å²) in [7, 11) is 0. The van der Waals surface area contributed by atoms with E-state index in [2.05, 4.69) is 17.3 Å². The number of para-hydroxylation sites is 1. The molecule has 1 aromatic rings. The van der Waals surface area contributed by atoms with Crippen LogP contribution in [0.2, 0.25) is 0 Å². The molecule has 22 heavy (non-hydrogen) atoms. The smallest absolute Gasteiger partial charge is 0.220 e. The average molecular weight is 299 g/mol. The van der Waals surface area contributed by atoms with Crippen LogP contribution in [0.25, 0.3) is 0 Å². The van der Waals surface area contributed by atoms with E-state index >= 15 is 0 Å². The lowest BCUT2D eigenvalue weighted by atomic mass is 10.1. The minimum atomic E-state index is -0.108. The van der Waals surface area contributed by atoms with Crippen molar-refractivity contribution < 1.29 is 4.79 Å². The first-order valence-electron chi connectivity index (χ1n) is 8.15. The number of hydrogen-bond acceptors (Lipinski definition) is 3. The number of benzene rings is 1. The maximum atomic E-state index is 11.9. The molecule has 0 fully saturated rings. The molecule has 118 valence electrons. The highest BCUT2D eigenvalue weighted by Gasteiger charge is 2.12. The van der Waals surface area contributed by atoms with Gasteiger partial charge in [-0.3, -0.25) is 4.79 Å². The summed E-state index contributed by atoms with van der Waals surface area (Å²) in [5.41, 5.74) is 1.01. The van der Waals surface area contributed by atoms with Crippen molar-refractivity contribution in [1.82, 2.24) is 5.32 Å². The predicted molar refractivity (Wildman–Crippen MR) is 91.9 cm³/mol. The zero-order valence-corrected chi connectivity index (χ0v) is 13.2. The van der Waals surface area contributed by atoms with Gasteiger partial charge < -0.3 is 5.32 Å². The van der Waals surface area contributed by atoms with E-state index < -0.39 is 0 Å². The number of amides is 1. The second-order valence-corrected chi connectivity index (χ2v) is 5.54. The number of carbonyl (C=O) groups excluding carboxylic acids is 1. The molecule has 2 rings (SSSR count). The number of nitrogens with one attached hydrogen (secondary N) is 1. The Balaban J connectivity index is 1.70. The third kappa shape index (κ3) is 5.35. The van der Waals surface area contributed by atoms with Gasteiger partial charge in [-0.15, -0.1) is 0 Å². The number of nitrogens with zero attached hydrogens (tertiary/aromatic N) is 2. The monoisotopic (exact) mass is 299 g/mol. The molecule has 0 spiro atoms. The van der Waals surface area contributed by atoms with Gasteiger partial charge in [0.15, 0.2) is 0 Å². The number of hydrogen-bond donors (Lipinski definition) is 1. The van der Waals surface area contributed by atoms with Crippen LogP contribution >= 0.6 is 0 Å². The van der Waals surface area contributed by atoms with Crippen molar-refractivity contribution in [3.05, 3.63) is 42.6 Å². The highest BCUT2D eigenvalue weighted by Crippen LogP contribution is 2.15. The van der Waals surface area contributed by atoms with Gasteiger partial charge in [-0.05, 0) is 24.6 Å². The summed E-state index contributed by atoms with van der Waals surface area (Å²) in [4.78, 5) is 11.9. The van der Waals surface area contributed by atoms with Crippen molar-refractivity contribution in [3.63, 3.8) is 0 Å². The lowest BCUT2D eigenvalue weighted by Gasteiger charge is -2.21. The van der Waals surface area contributed by atoms with Gasteiger partial charge in [0.2, 0.25) is 5.91 Å². The normalized spacial score (nSPS) is 16.8. The minimum absolute atomic E-state index is 0.103. The molecule has 4 heteroatoms. The summed E-state index contributed by atoms with van der Waals surface area (Å²) in [6.45, 7) is 2.19. The Morgan fingerprint density at radius 2 is 1.95 bits per heavy atom. The van der Waals surface area contributed by atoms with Crippen molar-refractivity contribution in [3.8, 4) is 0 Å². The zero-order chi connectivity index (χ0) is 15.6. The summed E-state index contributed by atoms with van der Waals surface area (Å²) < 4.78 is 0. The standard InChI is InChI=1S/C18H25N3O/c1-2-3-4-5-9-12-18(22)20-16-13-14-21(19-15-16)17-10-7-6-8-11-17/h6-8,10-11,13-16H,2-5,9,12H2,1H3,(H,20,22). The maximum absolute atomic E-state index is 11.9. The molecular weight excluding hydrogens is 274 g/mol. The molecule has 0 bridgehead atoms. The summed E-state index contributed by atoms with van der Waals surface area (Å²) >= 11 is 0. The summed E-state index contributed by atoms with van der Waals surface area (Å²) in [5.74, 6) is 0.103. The molecular formula is C18H25N3O. The second kappa shape index (κ2) is 9.03. The number of rotatable bonds is 8. The molecule has 1 atom stereocenters. The third-order valence-electron chi connectivity index (χ3n) is 3.64. The van der Waals surface area contributed by atoms with E-state index in [4.69, 9.17) is 0 Å². The lowest BCUT2D eigenvalue weighted by Crippen LogP contribution is -2.36. The average Bonchev–Trinajstić information content (AvgIpc) is 2.56. The molecule has 1 heterocycles. The molecule has 1 aliphatic rings. The van der Waals surface area contributed by atoms with E-state index in [1.54, 1.807) is 11.2 Å². The summed E-state index contributed by atoms with van der Waals surface area (Å²) in [6.07, 6.45) is 12.0. The molecule has 1 aromatic carbocycles. The van der Waals surface area contributed by atoms with Gasteiger partial charge >= 0.3 is 0 Å². The fraction of sp³-hybridized carbons (Fsp3) is 0.444. The van der Waals surface area contributed by atoms with Crippen molar-refractivity contribution in [2.75, 3.05) is 5.01 Å². The highest BCUT2D eigenvalue weighted by atomic mass is 16.1. The van der Waals surface area contributed by atoms with Crippen molar-refractivity contribution in [2.24, 2.45) is 5.10 Å². The van der Waals surface area contributed by atoms with Gasteiger partial charge in [-0.25, -0.2) is 5.01 Å². The number of unbranched alkanes of at least 4 members (excludes halogenated alkanes) is 4. The largest absolute Gasteiger partial charge is 0.345 e. The molecule has 1 unspecified atom stereocenters. The van der Waals surface area contributed by atoms with E-state index in [9.17, 15) is 4.79 Å². The fourth-order valence-corrected chi connectivity index (χ4v) is 2.37. The molecule has 1 aliphatic heterocycles. The van der Waals surface area contributed by atoms with Crippen LogP contribution in [0, 0.1) is 0 Å². The Morgan fingerprint density at radius 1 is 1.18 bits per heavy atom. The Bertz CT molecular complexity index is 496. The topological polar surface area (TPSA) is 44.7 Å². The van der Waals surface area contributed by atoms with Crippen LogP contribution in [-0.2, 0) is 4.79 Å². The maximum Gasteiger partial charge on any atom is 0.220 e. The van der Waals surface area contributed by atoms with Crippen LogP contribution in [0.1, 0.15) is 45.4 Å². The van der Waals surface area contributed by atoms with E-state index in [1.807, 2.05) is 42.6 Å². The van der Waals surface area contributed by atoms with E-state index in [0.717, 1.165) is 18.5 Å². The Hall–Kier alpha value is -2.10. The minimum Gasteiger partial charge on any atom is -0.345 e. The predicted octanol–water partition coefficient (Wildman–Crippen LogP) is 3.85. The Kier molecular flexibility index (Phi) is 6.68. The molecule has 4 nitrogen and oxygen atoms in total. The van der Waals surface area contributed by atoms with Gasteiger partial charge in [0.05, 0.1) is 17.9 Å².